The lowest BCUT2D eigenvalue weighted by molar-refractivity contribution is 0.126. The quantitative estimate of drug-likeness (QED) is 0.584. The predicted octanol–water partition coefficient (Wildman–Crippen LogP) is 4.23. The van der Waals surface area contributed by atoms with Crippen LogP contribution in [0.15, 0.2) is 29.4 Å². The van der Waals surface area contributed by atoms with E-state index < -0.39 is 6.67 Å². The molecule has 0 aromatic heterocycles. The van der Waals surface area contributed by atoms with Crippen molar-refractivity contribution in [3.8, 4) is 0 Å². The lowest BCUT2D eigenvalue weighted by atomic mass is 9.91. The van der Waals surface area contributed by atoms with Gasteiger partial charge in [0.2, 0.25) is 0 Å². The molecule has 0 aliphatic rings. The van der Waals surface area contributed by atoms with Crippen LogP contribution in [0.3, 0.4) is 0 Å². The molecule has 0 N–H and O–H groups in total. The van der Waals surface area contributed by atoms with Gasteiger partial charge in [-0.15, -0.1) is 0 Å². The van der Waals surface area contributed by atoms with Crippen molar-refractivity contribution in [1.82, 2.24) is 0 Å². The third-order valence-corrected chi connectivity index (χ3v) is 2.52. The van der Waals surface area contributed by atoms with Gasteiger partial charge in [0.05, 0.1) is 5.71 Å². The number of halogens is 2. The van der Waals surface area contributed by atoms with Crippen molar-refractivity contribution in [2.75, 3.05) is 6.67 Å². The van der Waals surface area contributed by atoms with Gasteiger partial charge in [0.25, 0.3) is 0 Å². The molecule has 0 heterocycles. The van der Waals surface area contributed by atoms with Crippen molar-refractivity contribution in [2.45, 2.75) is 27.4 Å². The van der Waals surface area contributed by atoms with Gasteiger partial charge in [-0.3, -0.25) is 0 Å². The zero-order valence-corrected chi connectivity index (χ0v) is 11.1. The predicted molar refractivity (Wildman–Crippen MR) is 69.1 cm³/mol. The van der Waals surface area contributed by atoms with Crippen molar-refractivity contribution < 1.29 is 9.23 Å². The number of nitrogens with zero attached hydrogens (tertiary/aromatic N) is 1. The van der Waals surface area contributed by atoms with Crippen LogP contribution < -0.4 is 0 Å². The first-order chi connectivity index (χ1) is 7.93. The molecular weight excluding hydrogens is 241 g/mol. The molecule has 0 fully saturated rings. The van der Waals surface area contributed by atoms with E-state index in [1.165, 1.54) is 0 Å². The second-order valence-corrected chi connectivity index (χ2v) is 5.26. The fraction of sp³-hybridized carbons (Fsp3) is 0.462. The van der Waals surface area contributed by atoms with Gasteiger partial charge in [0.15, 0.2) is 0 Å². The molecule has 1 aromatic rings. The first-order valence-corrected chi connectivity index (χ1v) is 5.81. The van der Waals surface area contributed by atoms with Crippen LogP contribution >= 0.6 is 11.6 Å². The zero-order valence-electron chi connectivity index (χ0n) is 10.3. The van der Waals surface area contributed by atoms with Gasteiger partial charge in [-0.2, -0.15) is 0 Å². The summed E-state index contributed by atoms with van der Waals surface area (Å²) in [6.07, 6.45) is 0. The summed E-state index contributed by atoms with van der Waals surface area (Å²) in [5.74, 6) is 0. The number of hydrogen-bond acceptors (Lipinski definition) is 2. The minimum absolute atomic E-state index is 0.292. The Morgan fingerprint density at radius 3 is 2.65 bits per heavy atom. The summed E-state index contributed by atoms with van der Waals surface area (Å²) in [5.41, 5.74) is 0.996. The van der Waals surface area contributed by atoms with Crippen LogP contribution in [0.1, 0.15) is 26.3 Å². The lowest BCUT2D eigenvalue weighted by Gasteiger charge is -2.18. The van der Waals surface area contributed by atoms with Crippen LogP contribution in [0.4, 0.5) is 4.39 Å². The maximum absolute atomic E-state index is 12.7. The third-order valence-electron chi connectivity index (χ3n) is 2.29. The van der Waals surface area contributed by atoms with Crippen molar-refractivity contribution in [2.24, 2.45) is 10.6 Å². The highest BCUT2D eigenvalue weighted by molar-refractivity contribution is 6.30. The smallest absolute Gasteiger partial charge is 0.142 e. The van der Waals surface area contributed by atoms with Crippen LogP contribution in [-0.2, 0) is 11.4 Å². The van der Waals surface area contributed by atoms with E-state index in [1.54, 1.807) is 12.1 Å². The van der Waals surface area contributed by atoms with E-state index in [0.29, 0.717) is 17.3 Å². The summed E-state index contributed by atoms with van der Waals surface area (Å²) >= 11 is 5.83. The molecule has 0 atom stereocenters. The summed E-state index contributed by atoms with van der Waals surface area (Å²) in [4.78, 5) is 5.14. The van der Waals surface area contributed by atoms with Crippen LogP contribution in [-0.4, -0.2) is 12.4 Å². The van der Waals surface area contributed by atoms with E-state index in [4.69, 9.17) is 16.4 Å². The van der Waals surface area contributed by atoms with Crippen LogP contribution in [0.25, 0.3) is 0 Å². The highest BCUT2D eigenvalue weighted by atomic mass is 35.5. The Hall–Kier alpha value is -1.09. The van der Waals surface area contributed by atoms with Gasteiger partial charge in [0.1, 0.15) is 13.3 Å². The van der Waals surface area contributed by atoms with E-state index in [2.05, 4.69) is 5.16 Å². The van der Waals surface area contributed by atoms with E-state index >= 15 is 0 Å². The second kappa shape index (κ2) is 6.01. The maximum atomic E-state index is 12.7. The van der Waals surface area contributed by atoms with Gasteiger partial charge in [-0.1, -0.05) is 49.7 Å². The molecule has 94 valence electrons. The lowest BCUT2D eigenvalue weighted by Crippen LogP contribution is -2.22. The number of benzene rings is 1. The summed E-state index contributed by atoms with van der Waals surface area (Å²) in [6.45, 7) is 5.38. The Bertz CT molecular complexity index is 399. The van der Waals surface area contributed by atoms with Gasteiger partial charge in [0, 0.05) is 10.4 Å². The molecule has 0 aliphatic carbocycles. The van der Waals surface area contributed by atoms with E-state index in [-0.39, 0.29) is 5.41 Å². The van der Waals surface area contributed by atoms with Crippen LogP contribution in [0.2, 0.25) is 5.02 Å². The van der Waals surface area contributed by atoms with E-state index in [0.717, 1.165) is 5.56 Å². The average Bonchev–Trinajstić information content (AvgIpc) is 2.22. The summed E-state index contributed by atoms with van der Waals surface area (Å²) in [7, 11) is 0. The molecule has 4 heteroatoms. The minimum atomic E-state index is -0.598. The topological polar surface area (TPSA) is 21.6 Å². The molecular formula is C13H17ClFNO. The number of alkyl halides is 1. The molecule has 0 amide bonds. The monoisotopic (exact) mass is 257 g/mol. The number of hydrogen-bond donors (Lipinski definition) is 0. The highest BCUT2D eigenvalue weighted by Gasteiger charge is 2.19. The highest BCUT2D eigenvalue weighted by Crippen LogP contribution is 2.17. The van der Waals surface area contributed by atoms with E-state index in [9.17, 15) is 4.39 Å². The molecule has 0 unspecified atom stereocenters. The average molecular weight is 258 g/mol. The number of oxime groups is 1. The molecule has 0 bridgehead atoms. The molecule has 0 radical (unpaired) electrons. The molecule has 1 aromatic carbocycles. The SMILES string of the molecule is CC(C)(C)/C(CF)=N/OCc1cccc(Cl)c1. The summed E-state index contributed by atoms with van der Waals surface area (Å²) in [6, 6.07) is 7.30. The van der Waals surface area contributed by atoms with E-state index in [1.807, 2.05) is 32.9 Å². The van der Waals surface area contributed by atoms with Crippen molar-refractivity contribution in [3.63, 3.8) is 0 Å². The first-order valence-electron chi connectivity index (χ1n) is 5.43. The largest absolute Gasteiger partial charge is 0.391 e. The maximum Gasteiger partial charge on any atom is 0.142 e. The summed E-state index contributed by atoms with van der Waals surface area (Å²) in [5, 5.41) is 4.49. The van der Waals surface area contributed by atoms with Gasteiger partial charge < -0.3 is 4.84 Å². The molecule has 17 heavy (non-hydrogen) atoms. The fourth-order valence-corrected chi connectivity index (χ4v) is 1.39. The van der Waals surface area contributed by atoms with Crippen molar-refractivity contribution >= 4 is 17.3 Å². The normalized spacial score (nSPS) is 12.6. The number of rotatable bonds is 4. The Morgan fingerprint density at radius 2 is 2.12 bits per heavy atom. The Kier molecular flexibility index (Phi) is 4.94. The van der Waals surface area contributed by atoms with Crippen molar-refractivity contribution in [1.29, 1.82) is 0 Å². The third kappa shape index (κ3) is 4.73. The standard InChI is InChI=1S/C13H17ClFNO/c1-13(2,3)12(8-15)16-17-9-10-5-4-6-11(14)7-10/h4-7H,8-9H2,1-3H3/b16-12+. The Labute approximate surface area is 106 Å². The molecule has 0 saturated carbocycles. The molecule has 0 aliphatic heterocycles. The van der Waals surface area contributed by atoms with Crippen molar-refractivity contribution in [3.05, 3.63) is 34.9 Å². The minimum Gasteiger partial charge on any atom is -0.391 e. The Morgan fingerprint density at radius 1 is 1.41 bits per heavy atom. The fourth-order valence-electron chi connectivity index (χ4n) is 1.17. The van der Waals surface area contributed by atoms with Crippen LogP contribution in [0, 0.1) is 5.41 Å². The molecule has 0 spiro atoms. The molecule has 0 saturated heterocycles. The van der Waals surface area contributed by atoms with Gasteiger partial charge >= 0.3 is 0 Å². The van der Waals surface area contributed by atoms with Gasteiger partial charge in [-0.05, 0) is 17.7 Å². The molecule has 2 nitrogen and oxygen atoms in total. The second-order valence-electron chi connectivity index (χ2n) is 4.82. The first kappa shape index (κ1) is 14.0. The van der Waals surface area contributed by atoms with Crippen LogP contribution in [0.5, 0.6) is 0 Å². The molecule has 1 rings (SSSR count). The summed E-state index contributed by atoms with van der Waals surface area (Å²) < 4.78 is 12.7. The zero-order chi connectivity index (χ0) is 12.9. The Balaban J connectivity index is 2.59. The van der Waals surface area contributed by atoms with Gasteiger partial charge in [-0.25, -0.2) is 4.39 Å².